The minimum absolute atomic E-state index is 0.208. The summed E-state index contributed by atoms with van der Waals surface area (Å²) in [6, 6.07) is 7.15. The fourth-order valence-electron chi connectivity index (χ4n) is 1.57. The van der Waals surface area contributed by atoms with Crippen molar-refractivity contribution in [1.29, 1.82) is 0 Å². The predicted octanol–water partition coefficient (Wildman–Crippen LogP) is 4.09. The number of hydrogen-bond donors (Lipinski definition) is 1. The summed E-state index contributed by atoms with van der Waals surface area (Å²) >= 11 is 9.28. The van der Waals surface area contributed by atoms with Crippen LogP contribution in [0.15, 0.2) is 39.4 Å². The van der Waals surface area contributed by atoms with Gasteiger partial charge in [-0.1, -0.05) is 11.6 Å². The number of carbonyl (C=O) groups excluding carboxylic acids is 1. The fourth-order valence-corrected chi connectivity index (χ4v) is 2.39. The first kappa shape index (κ1) is 14.0. The van der Waals surface area contributed by atoms with Gasteiger partial charge in [0.25, 0.3) is 0 Å². The number of methoxy groups -OCH3 is 1. The Hall–Kier alpha value is -1.46. The third-order valence-corrected chi connectivity index (χ3v) is 3.41. The molecular formula is C13H11BrClNO3. The van der Waals surface area contributed by atoms with Gasteiger partial charge in [0.1, 0.15) is 0 Å². The molecule has 19 heavy (non-hydrogen) atoms. The van der Waals surface area contributed by atoms with E-state index in [4.69, 9.17) is 16.0 Å². The summed E-state index contributed by atoms with van der Waals surface area (Å²) < 4.78 is 10.6. The SMILES string of the molecule is COC(=O)c1occc1CNc1ccc(Cl)cc1Br. The zero-order valence-electron chi connectivity index (χ0n) is 10.1. The molecule has 1 aromatic heterocycles. The summed E-state index contributed by atoms with van der Waals surface area (Å²) in [4.78, 5) is 11.4. The lowest BCUT2D eigenvalue weighted by Gasteiger charge is -2.08. The van der Waals surface area contributed by atoms with Crippen molar-refractivity contribution in [2.75, 3.05) is 12.4 Å². The molecule has 0 atom stereocenters. The third-order valence-electron chi connectivity index (χ3n) is 2.52. The molecule has 6 heteroatoms. The van der Waals surface area contributed by atoms with Gasteiger partial charge in [-0.25, -0.2) is 4.79 Å². The molecule has 0 bridgehead atoms. The molecule has 0 spiro atoms. The molecule has 0 unspecified atom stereocenters. The van der Waals surface area contributed by atoms with Crippen LogP contribution in [0.3, 0.4) is 0 Å². The highest BCUT2D eigenvalue weighted by Crippen LogP contribution is 2.26. The number of nitrogens with one attached hydrogen (secondary N) is 1. The molecule has 0 aliphatic heterocycles. The van der Waals surface area contributed by atoms with Gasteiger partial charge in [-0.15, -0.1) is 0 Å². The lowest BCUT2D eigenvalue weighted by Crippen LogP contribution is -2.07. The number of carbonyl (C=O) groups is 1. The van der Waals surface area contributed by atoms with Gasteiger partial charge in [-0.2, -0.15) is 0 Å². The second-order valence-corrected chi connectivity index (χ2v) is 5.04. The van der Waals surface area contributed by atoms with Crippen LogP contribution in [0.5, 0.6) is 0 Å². The van der Waals surface area contributed by atoms with Gasteiger partial charge in [0.2, 0.25) is 5.76 Å². The van der Waals surface area contributed by atoms with Crippen LogP contribution in [0.25, 0.3) is 0 Å². The molecule has 0 fully saturated rings. The summed E-state index contributed by atoms with van der Waals surface area (Å²) in [7, 11) is 1.32. The Morgan fingerprint density at radius 3 is 2.95 bits per heavy atom. The van der Waals surface area contributed by atoms with E-state index in [2.05, 4.69) is 26.0 Å². The largest absolute Gasteiger partial charge is 0.463 e. The third kappa shape index (κ3) is 3.30. The first-order chi connectivity index (χ1) is 9.11. The van der Waals surface area contributed by atoms with Crippen LogP contribution < -0.4 is 5.32 Å². The summed E-state index contributed by atoms with van der Waals surface area (Å²) in [6.45, 7) is 0.446. The summed E-state index contributed by atoms with van der Waals surface area (Å²) in [5.74, 6) is -0.281. The fraction of sp³-hybridized carbons (Fsp3) is 0.154. The first-order valence-corrected chi connectivity index (χ1v) is 6.62. The van der Waals surface area contributed by atoms with E-state index in [-0.39, 0.29) is 5.76 Å². The molecule has 2 rings (SSSR count). The number of anilines is 1. The molecule has 0 aliphatic rings. The molecule has 1 heterocycles. The maximum absolute atomic E-state index is 11.4. The van der Waals surface area contributed by atoms with Crippen molar-refractivity contribution in [1.82, 2.24) is 0 Å². The Bertz CT molecular complexity index is 597. The van der Waals surface area contributed by atoms with E-state index in [9.17, 15) is 4.79 Å². The summed E-state index contributed by atoms with van der Waals surface area (Å²) in [6.07, 6.45) is 1.46. The van der Waals surface area contributed by atoms with Crippen LogP contribution in [-0.2, 0) is 11.3 Å². The van der Waals surface area contributed by atoms with Crippen molar-refractivity contribution in [3.63, 3.8) is 0 Å². The number of esters is 1. The Balaban J connectivity index is 2.10. The quantitative estimate of drug-likeness (QED) is 0.849. The van der Waals surface area contributed by atoms with Crippen LogP contribution in [-0.4, -0.2) is 13.1 Å². The lowest BCUT2D eigenvalue weighted by atomic mass is 10.2. The molecule has 0 saturated heterocycles. The van der Waals surface area contributed by atoms with E-state index >= 15 is 0 Å². The second kappa shape index (κ2) is 6.12. The standard InChI is InChI=1S/C13H11BrClNO3/c1-18-13(17)12-8(4-5-19-12)7-16-11-3-2-9(15)6-10(11)14/h2-6,16H,7H2,1H3. The molecule has 0 aliphatic carbocycles. The van der Waals surface area contributed by atoms with Crippen molar-refractivity contribution in [3.05, 3.63) is 51.3 Å². The van der Waals surface area contributed by atoms with Gasteiger partial charge in [-0.05, 0) is 40.2 Å². The van der Waals surface area contributed by atoms with Crippen molar-refractivity contribution < 1.29 is 13.9 Å². The normalized spacial score (nSPS) is 10.3. The van der Waals surface area contributed by atoms with Crippen LogP contribution in [0.1, 0.15) is 16.1 Å². The van der Waals surface area contributed by atoms with Gasteiger partial charge in [0.05, 0.1) is 13.4 Å². The Labute approximate surface area is 123 Å². The number of hydrogen-bond acceptors (Lipinski definition) is 4. The maximum atomic E-state index is 11.4. The van der Waals surface area contributed by atoms with E-state index in [1.807, 2.05) is 6.07 Å². The minimum Gasteiger partial charge on any atom is -0.463 e. The van der Waals surface area contributed by atoms with Crippen LogP contribution in [0.2, 0.25) is 5.02 Å². The highest BCUT2D eigenvalue weighted by Gasteiger charge is 2.15. The van der Waals surface area contributed by atoms with E-state index in [0.717, 1.165) is 15.7 Å². The average molecular weight is 345 g/mol. The Kier molecular flexibility index (Phi) is 4.50. The molecule has 1 aromatic carbocycles. The second-order valence-electron chi connectivity index (χ2n) is 3.74. The lowest BCUT2D eigenvalue weighted by molar-refractivity contribution is 0.0563. The topological polar surface area (TPSA) is 51.5 Å². The van der Waals surface area contributed by atoms with E-state index in [1.54, 1.807) is 18.2 Å². The first-order valence-electron chi connectivity index (χ1n) is 5.45. The average Bonchev–Trinajstić information content (AvgIpc) is 2.85. The van der Waals surface area contributed by atoms with Crippen molar-refractivity contribution >= 4 is 39.2 Å². The molecule has 2 aromatic rings. The molecule has 100 valence electrons. The van der Waals surface area contributed by atoms with Crippen molar-refractivity contribution in [2.45, 2.75) is 6.54 Å². The maximum Gasteiger partial charge on any atom is 0.374 e. The van der Waals surface area contributed by atoms with Crippen LogP contribution in [0.4, 0.5) is 5.69 Å². The van der Waals surface area contributed by atoms with Crippen LogP contribution >= 0.6 is 27.5 Å². The van der Waals surface area contributed by atoms with E-state index < -0.39 is 5.97 Å². The monoisotopic (exact) mass is 343 g/mol. The highest BCUT2D eigenvalue weighted by atomic mass is 79.9. The van der Waals surface area contributed by atoms with Crippen molar-refractivity contribution in [3.8, 4) is 0 Å². The van der Waals surface area contributed by atoms with Crippen LogP contribution in [0, 0.1) is 0 Å². The number of rotatable bonds is 4. The van der Waals surface area contributed by atoms with E-state index in [1.165, 1.54) is 13.4 Å². The zero-order valence-corrected chi connectivity index (χ0v) is 12.4. The van der Waals surface area contributed by atoms with Crippen molar-refractivity contribution in [2.24, 2.45) is 0 Å². The van der Waals surface area contributed by atoms with Gasteiger partial charge in [0.15, 0.2) is 0 Å². The number of ether oxygens (including phenoxy) is 1. The molecule has 1 N–H and O–H groups in total. The van der Waals surface area contributed by atoms with Gasteiger partial charge >= 0.3 is 5.97 Å². The summed E-state index contributed by atoms with van der Waals surface area (Å²) in [5, 5.41) is 3.84. The smallest absolute Gasteiger partial charge is 0.374 e. The molecule has 0 radical (unpaired) electrons. The predicted molar refractivity (Wildman–Crippen MR) is 76.5 cm³/mol. The number of benzene rings is 1. The number of furan rings is 1. The minimum atomic E-state index is -0.489. The Morgan fingerprint density at radius 1 is 1.47 bits per heavy atom. The molecule has 0 saturated carbocycles. The van der Waals surface area contributed by atoms with E-state index in [0.29, 0.717) is 11.6 Å². The van der Waals surface area contributed by atoms with Gasteiger partial charge in [0, 0.05) is 27.3 Å². The molecule has 4 nitrogen and oxygen atoms in total. The highest BCUT2D eigenvalue weighted by molar-refractivity contribution is 9.10. The molecular weight excluding hydrogens is 334 g/mol. The zero-order chi connectivity index (χ0) is 13.8. The Morgan fingerprint density at radius 2 is 2.26 bits per heavy atom. The number of halogens is 2. The van der Waals surface area contributed by atoms with Gasteiger partial charge < -0.3 is 14.5 Å². The van der Waals surface area contributed by atoms with Gasteiger partial charge in [-0.3, -0.25) is 0 Å². The molecule has 0 amide bonds. The summed E-state index contributed by atoms with van der Waals surface area (Å²) in [5.41, 5.74) is 1.61.